The number of aryl methyl sites for hydroxylation is 2. The summed E-state index contributed by atoms with van der Waals surface area (Å²) in [6, 6.07) is 6.33. The molecule has 0 aliphatic carbocycles. The Balaban J connectivity index is 1.81. The first kappa shape index (κ1) is 21.7. The van der Waals surface area contributed by atoms with Gasteiger partial charge >= 0.3 is 5.97 Å². The molecule has 2 heterocycles. The zero-order chi connectivity index (χ0) is 20.6. The molecule has 2 aromatic rings. The second kappa shape index (κ2) is 10.7. The van der Waals surface area contributed by atoms with Crippen LogP contribution in [0.15, 0.2) is 28.6 Å². The lowest BCUT2D eigenvalue weighted by atomic mass is 10.1. The summed E-state index contributed by atoms with van der Waals surface area (Å²) in [6.45, 7) is 11.9. The Bertz CT molecular complexity index is 861. The van der Waals surface area contributed by atoms with Crippen molar-refractivity contribution in [2.24, 2.45) is 4.99 Å². The fourth-order valence-corrected chi connectivity index (χ4v) is 4.54. The largest absolute Gasteiger partial charge is 0.466 e. The number of carbonyl (C=O) groups excluding carboxylic acids is 1. The first-order valence-corrected chi connectivity index (χ1v) is 11.2. The highest BCUT2D eigenvalue weighted by atomic mass is 32.1. The fourth-order valence-electron chi connectivity index (χ4n) is 3.60. The maximum absolute atomic E-state index is 12.1. The van der Waals surface area contributed by atoms with E-state index in [-0.39, 0.29) is 12.4 Å². The summed E-state index contributed by atoms with van der Waals surface area (Å²) in [5.41, 5.74) is 4.32. The summed E-state index contributed by atoms with van der Waals surface area (Å²) in [4.78, 5) is 20.3. The number of hydrogen-bond acceptors (Lipinski definition) is 6. The molecule has 158 valence electrons. The standard InChI is InChI=1S/C22H31N3O3S/c1-4-28-21(26)15-20-16-29-22(23-19-13-17(2)12-18(3)14-19)25(20)7-5-6-24-8-10-27-11-9-24/h12-14,16H,4-11,15H2,1-3H3. The molecule has 1 aromatic carbocycles. The molecule has 0 N–H and O–H groups in total. The first-order chi connectivity index (χ1) is 14.0. The molecule has 0 unspecified atom stereocenters. The van der Waals surface area contributed by atoms with Crippen LogP contribution >= 0.6 is 11.3 Å². The number of carbonyl (C=O) groups is 1. The third kappa shape index (κ3) is 6.52. The Morgan fingerprint density at radius 3 is 2.59 bits per heavy atom. The van der Waals surface area contributed by atoms with Crippen LogP contribution < -0.4 is 4.80 Å². The molecule has 0 radical (unpaired) electrons. The third-order valence-corrected chi connectivity index (χ3v) is 5.81. The van der Waals surface area contributed by atoms with E-state index >= 15 is 0 Å². The Labute approximate surface area is 176 Å². The van der Waals surface area contributed by atoms with Gasteiger partial charge in [0.25, 0.3) is 0 Å². The van der Waals surface area contributed by atoms with E-state index in [1.165, 1.54) is 11.1 Å². The van der Waals surface area contributed by atoms with Crippen LogP contribution in [-0.2, 0) is 27.2 Å². The van der Waals surface area contributed by atoms with E-state index in [2.05, 4.69) is 41.5 Å². The number of esters is 1. The van der Waals surface area contributed by atoms with Gasteiger partial charge in [0.05, 0.1) is 31.9 Å². The van der Waals surface area contributed by atoms with Crippen LogP contribution in [0.25, 0.3) is 0 Å². The van der Waals surface area contributed by atoms with Crippen LogP contribution in [-0.4, -0.2) is 54.9 Å². The van der Waals surface area contributed by atoms with E-state index in [1.807, 2.05) is 12.3 Å². The second-order valence-electron chi connectivity index (χ2n) is 7.41. The molecule has 1 aliphatic rings. The highest BCUT2D eigenvalue weighted by Gasteiger charge is 2.13. The summed E-state index contributed by atoms with van der Waals surface area (Å²) in [7, 11) is 0. The van der Waals surface area contributed by atoms with Crippen LogP contribution in [0, 0.1) is 13.8 Å². The molecule has 1 aliphatic heterocycles. The maximum atomic E-state index is 12.1. The zero-order valence-corrected chi connectivity index (χ0v) is 18.5. The molecule has 0 atom stereocenters. The van der Waals surface area contributed by atoms with Crippen molar-refractivity contribution in [2.75, 3.05) is 39.5 Å². The molecule has 6 nitrogen and oxygen atoms in total. The van der Waals surface area contributed by atoms with Gasteiger partial charge in [0.1, 0.15) is 0 Å². The predicted octanol–water partition coefficient (Wildman–Crippen LogP) is 3.23. The van der Waals surface area contributed by atoms with Gasteiger partial charge in [0.2, 0.25) is 0 Å². The van der Waals surface area contributed by atoms with Crippen LogP contribution in [0.5, 0.6) is 0 Å². The zero-order valence-electron chi connectivity index (χ0n) is 17.6. The first-order valence-electron chi connectivity index (χ1n) is 10.3. The maximum Gasteiger partial charge on any atom is 0.311 e. The van der Waals surface area contributed by atoms with Gasteiger partial charge in [-0.25, -0.2) is 4.99 Å². The van der Waals surface area contributed by atoms with Gasteiger partial charge < -0.3 is 14.0 Å². The average molecular weight is 418 g/mol. The number of benzene rings is 1. The molecule has 0 saturated carbocycles. The van der Waals surface area contributed by atoms with Gasteiger partial charge in [-0.05, 0) is 50.5 Å². The molecule has 1 fully saturated rings. The topological polar surface area (TPSA) is 56.1 Å². The van der Waals surface area contributed by atoms with Gasteiger partial charge in [-0.2, -0.15) is 0 Å². The molecule has 1 aromatic heterocycles. The summed E-state index contributed by atoms with van der Waals surface area (Å²) < 4.78 is 12.8. The number of thiazole rings is 1. The van der Waals surface area contributed by atoms with Crippen molar-refractivity contribution in [1.82, 2.24) is 9.47 Å². The number of ether oxygens (including phenoxy) is 2. The van der Waals surface area contributed by atoms with Gasteiger partial charge in [-0.3, -0.25) is 9.69 Å². The van der Waals surface area contributed by atoms with Crippen molar-refractivity contribution < 1.29 is 14.3 Å². The van der Waals surface area contributed by atoms with E-state index in [0.717, 1.165) is 62.0 Å². The monoisotopic (exact) mass is 417 g/mol. The Morgan fingerprint density at radius 2 is 1.90 bits per heavy atom. The van der Waals surface area contributed by atoms with E-state index in [9.17, 15) is 4.79 Å². The van der Waals surface area contributed by atoms with Crippen LogP contribution in [0.4, 0.5) is 5.69 Å². The molecule has 29 heavy (non-hydrogen) atoms. The molecular weight excluding hydrogens is 386 g/mol. The highest BCUT2D eigenvalue weighted by Crippen LogP contribution is 2.17. The smallest absolute Gasteiger partial charge is 0.311 e. The van der Waals surface area contributed by atoms with Crippen LogP contribution in [0.3, 0.4) is 0 Å². The lowest BCUT2D eigenvalue weighted by molar-refractivity contribution is -0.142. The quantitative estimate of drug-likeness (QED) is 0.619. The Morgan fingerprint density at radius 1 is 1.17 bits per heavy atom. The van der Waals surface area contributed by atoms with Gasteiger partial charge in [-0.1, -0.05) is 6.07 Å². The minimum atomic E-state index is -0.190. The van der Waals surface area contributed by atoms with Crippen LogP contribution in [0.2, 0.25) is 0 Å². The normalized spacial score (nSPS) is 15.6. The minimum Gasteiger partial charge on any atom is -0.466 e. The Hall–Kier alpha value is -1.96. The summed E-state index contributed by atoms with van der Waals surface area (Å²) in [6.07, 6.45) is 1.29. The minimum absolute atomic E-state index is 0.190. The lowest BCUT2D eigenvalue weighted by Crippen LogP contribution is -2.37. The number of hydrogen-bond donors (Lipinski definition) is 0. The lowest BCUT2D eigenvalue weighted by Gasteiger charge is -2.26. The Kier molecular flexibility index (Phi) is 8.03. The van der Waals surface area contributed by atoms with E-state index in [1.54, 1.807) is 11.3 Å². The second-order valence-corrected chi connectivity index (χ2v) is 8.24. The van der Waals surface area contributed by atoms with Crippen molar-refractivity contribution in [3.8, 4) is 0 Å². The summed E-state index contributed by atoms with van der Waals surface area (Å²) in [5, 5.41) is 2.03. The van der Waals surface area contributed by atoms with Crippen molar-refractivity contribution in [3.05, 3.63) is 45.2 Å². The van der Waals surface area contributed by atoms with Crippen molar-refractivity contribution in [3.63, 3.8) is 0 Å². The molecule has 0 bridgehead atoms. The molecule has 1 saturated heterocycles. The predicted molar refractivity (Wildman–Crippen MR) is 116 cm³/mol. The number of nitrogens with zero attached hydrogens (tertiary/aromatic N) is 3. The van der Waals surface area contributed by atoms with Crippen molar-refractivity contribution in [1.29, 1.82) is 0 Å². The average Bonchev–Trinajstić information content (AvgIpc) is 3.03. The van der Waals surface area contributed by atoms with E-state index < -0.39 is 0 Å². The van der Waals surface area contributed by atoms with Crippen molar-refractivity contribution >= 4 is 23.0 Å². The highest BCUT2D eigenvalue weighted by molar-refractivity contribution is 7.07. The third-order valence-electron chi connectivity index (χ3n) is 4.90. The summed E-state index contributed by atoms with van der Waals surface area (Å²) >= 11 is 1.58. The molecule has 7 heteroatoms. The summed E-state index contributed by atoms with van der Waals surface area (Å²) in [5.74, 6) is -0.190. The molecular formula is C22H31N3O3S. The van der Waals surface area contributed by atoms with Gasteiger partial charge in [-0.15, -0.1) is 11.3 Å². The molecule has 3 rings (SSSR count). The van der Waals surface area contributed by atoms with Crippen molar-refractivity contribution in [2.45, 2.75) is 40.2 Å². The number of morpholine rings is 1. The van der Waals surface area contributed by atoms with Gasteiger partial charge in [0.15, 0.2) is 4.80 Å². The van der Waals surface area contributed by atoms with Gasteiger partial charge in [0, 0.05) is 37.3 Å². The number of rotatable bonds is 8. The molecule has 0 amide bonds. The fraction of sp³-hybridized carbons (Fsp3) is 0.545. The molecule has 0 spiro atoms. The van der Waals surface area contributed by atoms with E-state index in [4.69, 9.17) is 14.5 Å². The number of aromatic nitrogens is 1. The van der Waals surface area contributed by atoms with E-state index in [0.29, 0.717) is 6.61 Å². The SMILES string of the molecule is CCOC(=O)Cc1csc(=Nc2cc(C)cc(C)c2)n1CCCN1CCOCC1. The van der Waals surface area contributed by atoms with Crippen LogP contribution in [0.1, 0.15) is 30.2 Å².